The van der Waals surface area contributed by atoms with E-state index in [1.807, 2.05) is 20.0 Å². The van der Waals surface area contributed by atoms with Crippen LogP contribution in [0.15, 0.2) is 23.2 Å². The molecule has 0 unspecified atom stereocenters. The molecular formula is C22H38IN3O3. The van der Waals surface area contributed by atoms with Gasteiger partial charge in [0.25, 0.3) is 0 Å². The van der Waals surface area contributed by atoms with Gasteiger partial charge in [-0.05, 0) is 62.1 Å². The zero-order chi connectivity index (χ0) is 20.2. The minimum atomic E-state index is 0. The van der Waals surface area contributed by atoms with Crippen LogP contribution in [0.1, 0.15) is 44.6 Å². The highest BCUT2D eigenvalue weighted by Gasteiger charge is 2.36. The molecule has 1 aromatic rings. The predicted octanol–water partition coefficient (Wildman–Crippen LogP) is 4.02. The number of benzene rings is 1. The van der Waals surface area contributed by atoms with Crippen molar-refractivity contribution in [1.82, 2.24) is 10.6 Å². The second-order valence-electron chi connectivity index (χ2n) is 7.47. The van der Waals surface area contributed by atoms with E-state index in [0.29, 0.717) is 12.0 Å². The summed E-state index contributed by atoms with van der Waals surface area (Å²) in [5.41, 5.74) is 1.63. The van der Waals surface area contributed by atoms with E-state index < -0.39 is 0 Å². The molecule has 2 N–H and O–H groups in total. The van der Waals surface area contributed by atoms with E-state index in [0.717, 1.165) is 56.4 Å². The molecule has 0 atom stereocenters. The summed E-state index contributed by atoms with van der Waals surface area (Å²) in [5.74, 6) is 2.48. The lowest BCUT2D eigenvalue weighted by Crippen LogP contribution is -2.47. The van der Waals surface area contributed by atoms with E-state index in [1.165, 1.54) is 24.8 Å². The summed E-state index contributed by atoms with van der Waals surface area (Å²) < 4.78 is 16.3. The highest BCUT2D eigenvalue weighted by Crippen LogP contribution is 2.43. The largest absolute Gasteiger partial charge is 0.493 e. The Bertz CT molecular complexity index is 621. The summed E-state index contributed by atoms with van der Waals surface area (Å²) in [5, 5.41) is 6.94. The third kappa shape index (κ3) is 8.20. The van der Waals surface area contributed by atoms with Crippen LogP contribution in [-0.2, 0) is 11.2 Å². The maximum atomic E-state index is 5.66. The van der Waals surface area contributed by atoms with Crippen molar-refractivity contribution in [1.29, 1.82) is 0 Å². The van der Waals surface area contributed by atoms with Crippen LogP contribution in [0.25, 0.3) is 0 Å². The first kappa shape index (κ1) is 25.8. The topological polar surface area (TPSA) is 64.1 Å². The molecule has 1 saturated carbocycles. The fourth-order valence-corrected chi connectivity index (χ4v) is 3.65. The number of halogens is 1. The average Bonchev–Trinajstić information content (AvgIpc) is 2.68. The summed E-state index contributed by atoms with van der Waals surface area (Å²) in [4.78, 5) is 4.36. The monoisotopic (exact) mass is 519 g/mol. The molecule has 0 aromatic heterocycles. The van der Waals surface area contributed by atoms with Crippen LogP contribution < -0.4 is 20.1 Å². The van der Waals surface area contributed by atoms with Gasteiger partial charge in [0.05, 0.1) is 13.7 Å². The fraction of sp³-hybridized carbons (Fsp3) is 0.682. The summed E-state index contributed by atoms with van der Waals surface area (Å²) >= 11 is 0. The van der Waals surface area contributed by atoms with Crippen molar-refractivity contribution in [3.63, 3.8) is 0 Å². The maximum absolute atomic E-state index is 5.66. The molecule has 0 radical (unpaired) electrons. The highest BCUT2D eigenvalue weighted by molar-refractivity contribution is 14.0. The second-order valence-corrected chi connectivity index (χ2v) is 7.47. The number of aryl methyl sites for hydroxylation is 1. The quantitative estimate of drug-likeness (QED) is 0.189. The van der Waals surface area contributed by atoms with Crippen LogP contribution in [0.2, 0.25) is 0 Å². The first-order chi connectivity index (χ1) is 13.7. The molecule has 0 spiro atoms. The second kappa shape index (κ2) is 13.9. The molecule has 1 fully saturated rings. The zero-order valence-electron chi connectivity index (χ0n) is 18.4. The Morgan fingerprint density at radius 3 is 2.55 bits per heavy atom. The van der Waals surface area contributed by atoms with Gasteiger partial charge in [0, 0.05) is 33.9 Å². The summed E-state index contributed by atoms with van der Waals surface area (Å²) in [6.07, 6.45) is 7.00. The molecule has 29 heavy (non-hydrogen) atoms. The van der Waals surface area contributed by atoms with Crippen molar-refractivity contribution in [3.8, 4) is 11.5 Å². The lowest BCUT2D eigenvalue weighted by Gasteiger charge is -2.42. The summed E-state index contributed by atoms with van der Waals surface area (Å²) in [6, 6.07) is 6.16. The molecule has 0 bridgehead atoms. The molecule has 0 aliphatic heterocycles. The Labute approximate surface area is 193 Å². The summed E-state index contributed by atoms with van der Waals surface area (Å²) in [7, 11) is 5.28. The smallest absolute Gasteiger partial charge is 0.190 e. The standard InChI is InChI=1S/C22H37N3O3.HI/c1-5-28-20-16-18(9-10-19(20)27-4)8-6-14-24-21(23-2)25-17-22(11-7-12-22)13-15-26-3;/h9-10,16H,5-8,11-15,17H2,1-4H3,(H2,23,24,25);1H. The number of guanidine groups is 1. The van der Waals surface area contributed by atoms with Crippen LogP contribution >= 0.6 is 24.0 Å². The lowest BCUT2D eigenvalue weighted by molar-refractivity contribution is 0.0732. The number of nitrogens with zero attached hydrogens (tertiary/aromatic N) is 1. The van der Waals surface area contributed by atoms with Gasteiger partial charge in [-0.25, -0.2) is 0 Å². The highest BCUT2D eigenvalue weighted by atomic mass is 127. The Morgan fingerprint density at radius 2 is 1.97 bits per heavy atom. The number of ether oxygens (including phenoxy) is 3. The van der Waals surface area contributed by atoms with Crippen molar-refractivity contribution in [2.24, 2.45) is 10.4 Å². The van der Waals surface area contributed by atoms with E-state index in [9.17, 15) is 0 Å². The van der Waals surface area contributed by atoms with Crippen molar-refractivity contribution < 1.29 is 14.2 Å². The molecule has 0 saturated heterocycles. The van der Waals surface area contributed by atoms with Crippen molar-refractivity contribution in [2.45, 2.75) is 45.4 Å². The van der Waals surface area contributed by atoms with Gasteiger partial charge >= 0.3 is 0 Å². The summed E-state index contributed by atoms with van der Waals surface area (Å²) in [6.45, 7) is 5.29. The Balaban J connectivity index is 0.00000420. The number of rotatable bonds is 12. The van der Waals surface area contributed by atoms with Crippen molar-refractivity contribution in [2.75, 3.05) is 47.6 Å². The molecule has 6 nitrogen and oxygen atoms in total. The molecule has 1 aromatic carbocycles. The van der Waals surface area contributed by atoms with Crippen LogP contribution in [0.5, 0.6) is 11.5 Å². The Morgan fingerprint density at radius 1 is 1.17 bits per heavy atom. The third-order valence-electron chi connectivity index (χ3n) is 5.57. The number of nitrogens with one attached hydrogen (secondary N) is 2. The van der Waals surface area contributed by atoms with Gasteiger partial charge in [0.1, 0.15) is 0 Å². The van der Waals surface area contributed by atoms with Gasteiger partial charge in [-0.2, -0.15) is 0 Å². The van der Waals surface area contributed by atoms with E-state index in [1.54, 1.807) is 14.2 Å². The molecule has 7 heteroatoms. The first-order valence-corrected chi connectivity index (χ1v) is 10.4. The van der Waals surface area contributed by atoms with Crippen molar-refractivity contribution in [3.05, 3.63) is 23.8 Å². The minimum Gasteiger partial charge on any atom is -0.493 e. The average molecular weight is 519 g/mol. The van der Waals surface area contributed by atoms with E-state index in [-0.39, 0.29) is 24.0 Å². The van der Waals surface area contributed by atoms with Crippen LogP contribution in [0.4, 0.5) is 0 Å². The molecule has 1 aliphatic carbocycles. The van der Waals surface area contributed by atoms with Crippen LogP contribution in [0.3, 0.4) is 0 Å². The molecule has 2 rings (SSSR count). The number of hydrogen-bond acceptors (Lipinski definition) is 4. The van der Waals surface area contributed by atoms with Crippen molar-refractivity contribution >= 4 is 29.9 Å². The number of aliphatic imine (C=N–C) groups is 1. The molecule has 0 amide bonds. The third-order valence-corrected chi connectivity index (χ3v) is 5.57. The molecule has 166 valence electrons. The Kier molecular flexibility index (Phi) is 12.4. The lowest BCUT2D eigenvalue weighted by atomic mass is 9.67. The van der Waals surface area contributed by atoms with Crippen LogP contribution in [-0.4, -0.2) is 53.5 Å². The first-order valence-electron chi connectivity index (χ1n) is 10.4. The SMILES string of the molecule is CCOc1cc(CCCNC(=NC)NCC2(CCOC)CCC2)ccc1OC.I. The van der Waals surface area contributed by atoms with Gasteiger partial charge in [-0.3, -0.25) is 4.99 Å². The van der Waals surface area contributed by atoms with Crippen LogP contribution in [0, 0.1) is 5.41 Å². The van der Waals surface area contributed by atoms with E-state index in [4.69, 9.17) is 14.2 Å². The minimum absolute atomic E-state index is 0. The Hall–Kier alpha value is -1.22. The fourth-order valence-electron chi connectivity index (χ4n) is 3.65. The molecule has 1 aliphatic rings. The van der Waals surface area contributed by atoms with E-state index in [2.05, 4.69) is 27.8 Å². The van der Waals surface area contributed by atoms with Gasteiger partial charge in [0.15, 0.2) is 17.5 Å². The van der Waals surface area contributed by atoms with Gasteiger partial charge < -0.3 is 24.8 Å². The van der Waals surface area contributed by atoms with Gasteiger partial charge in [-0.15, -0.1) is 24.0 Å². The normalized spacial score (nSPS) is 15.1. The van der Waals surface area contributed by atoms with Gasteiger partial charge in [0.2, 0.25) is 0 Å². The van der Waals surface area contributed by atoms with E-state index >= 15 is 0 Å². The number of hydrogen-bond donors (Lipinski definition) is 2. The molecular weight excluding hydrogens is 481 g/mol. The predicted molar refractivity (Wildman–Crippen MR) is 130 cm³/mol. The number of methoxy groups -OCH3 is 2. The molecule has 0 heterocycles. The zero-order valence-corrected chi connectivity index (χ0v) is 20.7. The maximum Gasteiger partial charge on any atom is 0.190 e. The van der Waals surface area contributed by atoms with Gasteiger partial charge in [-0.1, -0.05) is 12.5 Å².